The van der Waals surface area contributed by atoms with Crippen LogP contribution in [0.2, 0.25) is 0 Å². The number of hydrogen-bond acceptors (Lipinski definition) is 2. The lowest BCUT2D eigenvalue weighted by molar-refractivity contribution is 0.414. The molecule has 3 nitrogen and oxygen atoms in total. The van der Waals surface area contributed by atoms with E-state index in [9.17, 15) is 0 Å². The first-order valence-corrected chi connectivity index (χ1v) is 9.21. The molecule has 27 heavy (non-hydrogen) atoms. The third-order valence-corrected chi connectivity index (χ3v) is 4.86. The van der Waals surface area contributed by atoms with Gasteiger partial charge in [0, 0.05) is 0 Å². The molecule has 134 valence electrons. The second kappa shape index (κ2) is 7.60. The van der Waals surface area contributed by atoms with Crippen LogP contribution in [-0.2, 0) is 18.4 Å². The minimum Gasteiger partial charge on any atom is -0.340 e. The van der Waals surface area contributed by atoms with Crippen LogP contribution in [0.15, 0.2) is 97.2 Å². The fourth-order valence-corrected chi connectivity index (χ4v) is 3.49. The largest absolute Gasteiger partial charge is 0.340 e. The Balaban J connectivity index is 1.70. The molecular weight excluding hydrogens is 330 g/mol. The lowest BCUT2D eigenvalue weighted by Crippen LogP contribution is -2.42. The molecule has 0 spiro atoms. The van der Waals surface area contributed by atoms with Crippen molar-refractivity contribution in [2.75, 3.05) is 0 Å². The number of imidazole rings is 1. The Labute approximate surface area is 159 Å². The molecule has 0 bridgehead atoms. The SMILES string of the molecule is NC(Cc1ccccc1)(Cc1ccccc1)c1ncc(-c2ccccc2)[nH]1. The van der Waals surface area contributed by atoms with E-state index in [4.69, 9.17) is 5.73 Å². The van der Waals surface area contributed by atoms with Crippen LogP contribution >= 0.6 is 0 Å². The van der Waals surface area contributed by atoms with Gasteiger partial charge in [-0.15, -0.1) is 0 Å². The Morgan fingerprint density at radius 1 is 0.704 bits per heavy atom. The smallest absolute Gasteiger partial charge is 0.127 e. The number of nitrogens with one attached hydrogen (secondary N) is 1. The van der Waals surface area contributed by atoms with Crippen LogP contribution in [0, 0.1) is 0 Å². The number of hydrogen-bond donors (Lipinski definition) is 2. The highest BCUT2D eigenvalue weighted by molar-refractivity contribution is 5.58. The Morgan fingerprint density at radius 3 is 1.70 bits per heavy atom. The van der Waals surface area contributed by atoms with Crippen molar-refractivity contribution in [1.29, 1.82) is 0 Å². The quantitative estimate of drug-likeness (QED) is 0.527. The molecule has 4 rings (SSSR count). The maximum absolute atomic E-state index is 6.98. The molecule has 4 aromatic rings. The van der Waals surface area contributed by atoms with E-state index in [0.29, 0.717) is 12.8 Å². The van der Waals surface area contributed by atoms with Crippen molar-refractivity contribution in [3.05, 3.63) is 114 Å². The number of aromatic nitrogens is 2. The van der Waals surface area contributed by atoms with E-state index in [-0.39, 0.29) is 0 Å². The Kier molecular flexibility index (Phi) is 4.86. The number of aromatic amines is 1. The lowest BCUT2D eigenvalue weighted by Gasteiger charge is -2.28. The average molecular weight is 353 g/mol. The van der Waals surface area contributed by atoms with E-state index >= 15 is 0 Å². The molecule has 1 aromatic heterocycles. The predicted molar refractivity (Wildman–Crippen MR) is 110 cm³/mol. The molecule has 0 aliphatic rings. The zero-order valence-corrected chi connectivity index (χ0v) is 15.2. The molecule has 3 N–H and O–H groups in total. The zero-order chi connectivity index (χ0) is 18.5. The van der Waals surface area contributed by atoms with Crippen molar-refractivity contribution in [3.8, 4) is 11.3 Å². The van der Waals surface area contributed by atoms with E-state index in [1.54, 1.807) is 0 Å². The molecule has 3 heteroatoms. The number of H-pyrrole nitrogens is 1. The van der Waals surface area contributed by atoms with Gasteiger partial charge >= 0.3 is 0 Å². The van der Waals surface area contributed by atoms with Crippen molar-refractivity contribution in [3.63, 3.8) is 0 Å². The first-order valence-electron chi connectivity index (χ1n) is 9.21. The summed E-state index contributed by atoms with van der Waals surface area (Å²) in [5.74, 6) is 0.814. The topological polar surface area (TPSA) is 54.7 Å². The summed E-state index contributed by atoms with van der Waals surface area (Å²) in [6.07, 6.45) is 3.30. The highest BCUT2D eigenvalue weighted by atomic mass is 15.0. The van der Waals surface area contributed by atoms with Gasteiger partial charge < -0.3 is 10.7 Å². The van der Waals surface area contributed by atoms with Gasteiger partial charge in [-0.25, -0.2) is 4.98 Å². The second-order valence-electron chi connectivity index (χ2n) is 6.99. The fraction of sp³-hybridized carbons (Fsp3) is 0.125. The third-order valence-electron chi connectivity index (χ3n) is 4.86. The van der Waals surface area contributed by atoms with Gasteiger partial charge in [-0.2, -0.15) is 0 Å². The number of nitrogens with zero attached hydrogens (tertiary/aromatic N) is 1. The molecule has 1 heterocycles. The summed E-state index contributed by atoms with van der Waals surface area (Å²) in [6, 6.07) is 30.9. The van der Waals surface area contributed by atoms with Crippen LogP contribution in [0.25, 0.3) is 11.3 Å². The minimum atomic E-state index is -0.615. The van der Waals surface area contributed by atoms with Crippen molar-refractivity contribution < 1.29 is 0 Å². The maximum atomic E-state index is 6.98. The van der Waals surface area contributed by atoms with Gasteiger partial charge in [0.15, 0.2) is 0 Å². The van der Waals surface area contributed by atoms with Gasteiger partial charge in [-0.3, -0.25) is 0 Å². The molecule has 0 amide bonds. The Hall–Kier alpha value is -3.17. The molecule has 0 aliphatic heterocycles. The summed E-state index contributed by atoms with van der Waals surface area (Å²) >= 11 is 0. The highest BCUT2D eigenvalue weighted by Crippen LogP contribution is 2.28. The van der Waals surface area contributed by atoms with Gasteiger partial charge in [-0.1, -0.05) is 91.0 Å². The molecule has 0 fully saturated rings. The van der Waals surface area contributed by atoms with Crippen molar-refractivity contribution in [1.82, 2.24) is 9.97 Å². The first-order chi connectivity index (χ1) is 13.2. The summed E-state index contributed by atoms with van der Waals surface area (Å²) in [4.78, 5) is 8.15. The summed E-state index contributed by atoms with van der Waals surface area (Å²) in [6.45, 7) is 0. The Morgan fingerprint density at radius 2 is 1.19 bits per heavy atom. The second-order valence-corrected chi connectivity index (χ2v) is 6.99. The van der Waals surface area contributed by atoms with Crippen LogP contribution in [0.1, 0.15) is 17.0 Å². The summed E-state index contributed by atoms with van der Waals surface area (Å²) in [7, 11) is 0. The van der Waals surface area contributed by atoms with E-state index in [1.807, 2.05) is 36.5 Å². The van der Waals surface area contributed by atoms with Crippen molar-refractivity contribution in [2.45, 2.75) is 18.4 Å². The summed E-state index contributed by atoms with van der Waals surface area (Å²) < 4.78 is 0. The van der Waals surface area contributed by atoms with Crippen LogP contribution in [0.3, 0.4) is 0 Å². The summed E-state index contributed by atoms with van der Waals surface area (Å²) in [5.41, 5.74) is 10.9. The summed E-state index contributed by atoms with van der Waals surface area (Å²) in [5, 5.41) is 0. The van der Waals surface area contributed by atoms with Crippen LogP contribution in [0.4, 0.5) is 0 Å². The normalized spacial score (nSPS) is 11.4. The van der Waals surface area contributed by atoms with Crippen LogP contribution in [0.5, 0.6) is 0 Å². The van der Waals surface area contributed by atoms with Gasteiger partial charge in [0.2, 0.25) is 0 Å². The number of rotatable bonds is 6. The number of nitrogens with two attached hydrogens (primary N) is 1. The molecular formula is C24H23N3. The first kappa shape index (κ1) is 17.3. The zero-order valence-electron chi connectivity index (χ0n) is 15.2. The highest BCUT2D eigenvalue weighted by Gasteiger charge is 2.31. The van der Waals surface area contributed by atoms with Crippen LogP contribution < -0.4 is 5.73 Å². The molecule has 0 unspecified atom stereocenters. The average Bonchev–Trinajstić information content (AvgIpc) is 3.21. The third kappa shape index (κ3) is 3.99. The molecule has 0 radical (unpaired) electrons. The van der Waals surface area contributed by atoms with Crippen LogP contribution in [-0.4, -0.2) is 9.97 Å². The van der Waals surface area contributed by atoms with E-state index in [2.05, 4.69) is 70.6 Å². The fourth-order valence-electron chi connectivity index (χ4n) is 3.49. The van der Waals surface area contributed by atoms with Gasteiger partial charge in [-0.05, 0) is 29.5 Å². The van der Waals surface area contributed by atoms with Gasteiger partial charge in [0.05, 0.1) is 17.4 Å². The molecule has 0 saturated heterocycles. The monoisotopic (exact) mass is 353 g/mol. The number of benzene rings is 3. The standard InChI is InChI=1S/C24H23N3/c25-24(16-19-10-4-1-5-11-19,17-20-12-6-2-7-13-20)23-26-18-22(27-23)21-14-8-3-9-15-21/h1-15,18H,16-17,25H2,(H,26,27). The molecule has 0 aliphatic carbocycles. The van der Waals surface area contributed by atoms with E-state index in [0.717, 1.165) is 17.1 Å². The predicted octanol–water partition coefficient (Wildman–Crippen LogP) is 4.72. The lowest BCUT2D eigenvalue weighted by atomic mass is 9.85. The van der Waals surface area contributed by atoms with Gasteiger partial charge in [0.1, 0.15) is 5.82 Å². The molecule has 0 atom stereocenters. The van der Waals surface area contributed by atoms with E-state index in [1.165, 1.54) is 11.1 Å². The molecule has 3 aromatic carbocycles. The molecule has 0 saturated carbocycles. The van der Waals surface area contributed by atoms with Crippen molar-refractivity contribution in [2.24, 2.45) is 5.73 Å². The maximum Gasteiger partial charge on any atom is 0.127 e. The Bertz CT molecular complexity index is 934. The minimum absolute atomic E-state index is 0.615. The van der Waals surface area contributed by atoms with Gasteiger partial charge in [0.25, 0.3) is 0 Å². The van der Waals surface area contributed by atoms with Crippen molar-refractivity contribution >= 4 is 0 Å². The van der Waals surface area contributed by atoms with E-state index < -0.39 is 5.54 Å².